The third-order valence-corrected chi connectivity index (χ3v) is 2.75. The highest BCUT2D eigenvalue weighted by Crippen LogP contribution is 2.31. The van der Waals surface area contributed by atoms with Crippen LogP contribution in [-0.2, 0) is 11.2 Å². The number of aliphatic carboxylic acids is 1. The van der Waals surface area contributed by atoms with E-state index in [1.54, 1.807) is 42.5 Å². The van der Waals surface area contributed by atoms with E-state index in [2.05, 4.69) is 0 Å². The Morgan fingerprint density at radius 1 is 1.26 bits per heavy atom. The van der Waals surface area contributed by atoms with Gasteiger partial charge in [0.05, 0.1) is 11.4 Å². The van der Waals surface area contributed by atoms with Crippen molar-refractivity contribution >= 4 is 23.3 Å². The summed E-state index contributed by atoms with van der Waals surface area (Å²) < 4.78 is 5.61. The lowest BCUT2D eigenvalue weighted by atomic mass is 10.1. The fraction of sp³-hybridized carbons (Fsp3) is 0.0714. The molecule has 4 nitrogen and oxygen atoms in total. The van der Waals surface area contributed by atoms with Crippen molar-refractivity contribution in [2.75, 3.05) is 5.73 Å². The summed E-state index contributed by atoms with van der Waals surface area (Å²) in [6.07, 6.45) is -0.0789. The van der Waals surface area contributed by atoms with Crippen LogP contribution in [0, 0.1) is 0 Å². The van der Waals surface area contributed by atoms with Crippen molar-refractivity contribution in [2.45, 2.75) is 6.42 Å². The Morgan fingerprint density at radius 3 is 2.74 bits per heavy atom. The SMILES string of the molecule is Nc1cccc(Oc2cc(CC(=O)O)ccc2Cl)c1. The van der Waals surface area contributed by atoms with E-state index in [-0.39, 0.29) is 6.42 Å². The molecule has 0 bridgehead atoms. The van der Waals surface area contributed by atoms with Crippen molar-refractivity contribution in [1.82, 2.24) is 0 Å². The van der Waals surface area contributed by atoms with Gasteiger partial charge in [-0.25, -0.2) is 0 Å². The molecule has 0 fully saturated rings. The molecule has 0 aliphatic carbocycles. The van der Waals surface area contributed by atoms with Gasteiger partial charge in [0.15, 0.2) is 0 Å². The first-order chi connectivity index (χ1) is 9.04. The number of rotatable bonds is 4. The lowest BCUT2D eigenvalue weighted by Gasteiger charge is -2.09. The highest BCUT2D eigenvalue weighted by molar-refractivity contribution is 6.32. The van der Waals surface area contributed by atoms with Crippen LogP contribution in [0.15, 0.2) is 42.5 Å². The summed E-state index contributed by atoms with van der Waals surface area (Å²) in [6.45, 7) is 0. The van der Waals surface area contributed by atoms with Gasteiger partial charge in [-0.1, -0.05) is 23.7 Å². The molecule has 0 atom stereocenters. The van der Waals surface area contributed by atoms with E-state index in [1.165, 1.54) is 0 Å². The number of nitrogens with two attached hydrogens (primary N) is 1. The van der Waals surface area contributed by atoms with E-state index >= 15 is 0 Å². The normalized spacial score (nSPS) is 10.2. The van der Waals surface area contributed by atoms with Crippen molar-refractivity contribution in [3.05, 3.63) is 53.1 Å². The van der Waals surface area contributed by atoms with E-state index in [9.17, 15) is 4.79 Å². The number of nitrogen functional groups attached to an aromatic ring is 1. The summed E-state index contributed by atoms with van der Waals surface area (Å²) in [5.41, 5.74) is 6.86. The number of ether oxygens (including phenoxy) is 1. The Balaban J connectivity index is 2.26. The average Bonchev–Trinajstić information content (AvgIpc) is 2.33. The molecule has 0 aliphatic heterocycles. The fourth-order valence-corrected chi connectivity index (χ4v) is 1.77. The Labute approximate surface area is 115 Å². The van der Waals surface area contributed by atoms with Gasteiger partial charge in [-0.2, -0.15) is 0 Å². The van der Waals surface area contributed by atoms with Crippen LogP contribution in [0.4, 0.5) is 5.69 Å². The zero-order chi connectivity index (χ0) is 13.8. The number of hydrogen-bond acceptors (Lipinski definition) is 3. The summed E-state index contributed by atoms with van der Waals surface area (Å²) in [5, 5.41) is 9.18. The maximum Gasteiger partial charge on any atom is 0.307 e. The quantitative estimate of drug-likeness (QED) is 0.841. The molecule has 5 heteroatoms. The van der Waals surface area contributed by atoms with Gasteiger partial charge in [0, 0.05) is 11.8 Å². The first kappa shape index (κ1) is 13.2. The lowest BCUT2D eigenvalue weighted by Crippen LogP contribution is -2.00. The number of carboxylic acid groups (broad SMARTS) is 1. The number of carbonyl (C=O) groups is 1. The van der Waals surface area contributed by atoms with Crippen LogP contribution in [0.5, 0.6) is 11.5 Å². The van der Waals surface area contributed by atoms with Gasteiger partial charge in [-0.15, -0.1) is 0 Å². The average molecular weight is 278 g/mol. The smallest absolute Gasteiger partial charge is 0.307 e. The van der Waals surface area contributed by atoms with Crippen LogP contribution in [-0.4, -0.2) is 11.1 Å². The van der Waals surface area contributed by atoms with Gasteiger partial charge in [0.25, 0.3) is 0 Å². The first-order valence-corrected chi connectivity index (χ1v) is 5.96. The molecule has 0 amide bonds. The molecule has 0 saturated heterocycles. The minimum atomic E-state index is -0.905. The second-order valence-corrected chi connectivity index (χ2v) is 4.42. The van der Waals surface area contributed by atoms with Gasteiger partial charge in [0.1, 0.15) is 11.5 Å². The Morgan fingerprint density at radius 2 is 2.05 bits per heavy atom. The second-order valence-electron chi connectivity index (χ2n) is 4.01. The maximum absolute atomic E-state index is 10.7. The van der Waals surface area contributed by atoms with E-state index < -0.39 is 5.97 Å². The number of anilines is 1. The molecule has 2 aromatic carbocycles. The zero-order valence-electron chi connectivity index (χ0n) is 9.97. The Hall–Kier alpha value is -2.20. The Kier molecular flexibility index (Phi) is 3.92. The molecule has 0 radical (unpaired) electrons. The second kappa shape index (κ2) is 5.63. The van der Waals surface area contributed by atoms with E-state index in [0.717, 1.165) is 0 Å². The number of benzene rings is 2. The van der Waals surface area contributed by atoms with E-state index in [4.69, 9.17) is 27.2 Å². The molecule has 3 N–H and O–H groups in total. The van der Waals surface area contributed by atoms with Crippen LogP contribution >= 0.6 is 11.6 Å². The molecule has 19 heavy (non-hydrogen) atoms. The highest BCUT2D eigenvalue weighted by Gasteiger charge is 2.07. The van der Waals surface area contributed by atoms with Crippen LogP contribution in [0.3, 0.4) is 0 Å². The summed E-state index contributed by atoms with van der Waals surface area (Å²) >= 11 is 6.02. The van der Waals surface area contributed by atoms with Gasteiger partial charge >= 0.3 is 5.97 Å². The third kappa shape index (κ3) is 3.63. The molecular weight excluding hydrogens is 266 g/mol. The summed E-state index contributed by atoms with van der Waals surface area (Å²) in [7, 11) is 0. The highest BCUT2D eigenvalue weighted by atomic mass is 35.5. The molecule has 0 unspecified atom stereocenters. The molecule has 0 heterocycles. The fourth-order valence-electron chi connectivity index (χ4n) is 1.62. The molecular formula is C14H12ClNO3. The lowest BCUT2D eigenvalue weighted by molar-refractivity contribution is -0.136. The minimum absolute atomic E-state index is 0.0789. The monoisotopic (exact) mass is 277 g/mol. The zero-order valence-corrected chi connectivity index (χ0v) is 10.7. The summed E-state index contributed by atoms with van der Waals surface area (Å²) in [6, 6.07) is 11.8. The van der Waals surface area contributed by atoms with E-state index in [1.807, 2.05) is 0 Å². The molecule has 0 aliphatic rings. The van der Waals surface area contributed by atoms with Gasteiger partial charge in [-0.05, 0) is 29.8 Å². The number of carboxylic acids is 1. The van der Waals surface area contributed by atoms with Crippen LogP contribution in [0.1, 0.15) is 5.56 Å². The number of hydrogen-bond donors (Lipinski definition) is 2. The van der Waals surface area contributed by atoms with Crippen LogP contribution in [0.2, 0.25) is 5.02 Å². The van der Waals surface area contributed by atoms with Crippen molar-refractivity contribution in [3.8, 4) is 11.5 Å². The van der Waals surface area contributed by atoms with Crippen LogP contribution < -0.4 is 10.5 Å². The van der Waals surface area contributed by atoms with Gasteiger partial charge < -0.3 is 15.6 Å². The Bertz CT molecular complexity index is 613. The standard InChI is InChI=1S/C14H12ClNO3/c15-12-5-4-9(7-14(17)18)6-13(12)19-11-3-1-2-10(16)8-11/h1-6,8H,7,16H2,(H,17,18). The molecule has 0 spiro atoms. The predicted molar refractivity (Wildman–Crippen MR) is 73.7 cm³/mol. The predicted octanol–water partition coefficient (Wildman–Crippen LogP) is 3.34. The molecule has 0 aromatic heterocycles. The minimum Gasteiger partial charge on any atom is -0.481 e. The van der Waals surface area contributed by atoms with Crippen molar-refractivity contribution in [3.63, 3.8) is 0 Å². The van der Waals surface area contributed by atoms with E-state index in [0.29, 0.717) is 27.8 Å². The molecule has 98 valence electrons. The third-order valence-electron chi connectivity index (χ3n) is 2.44. The topological polar surface area (TPSA) is 72.5 Å². The maximum atomic E-state index is 10.7. The first-order valence-electron chi connectivity index (χ1n) is 5.58. The van der Waals surface area contributed by atoms with Crippen LogP contribution in [0.25, 0.3) is 0 Å². The van der Waals surface area contributed by atoms with Crippen molar-refractivity contribution in [2.24, 2.45) is 0 Å². The number of halogens is 1. The van der Waals surface area contributed by atoms with Crippen molar-refractivity contribution < 1.29 is 14.6 Å². The molecule has 2 rings (SSSR count). The van der Waals surface area contributed by atoms with Gasteiger partial charge in [-0.3, -0.25) is 4.79 Å². The largest absolute Gasteiger partial charge is 0.481 e. The summed E-state index contributed by atoms with van der Waals surface area (Å²) in [4.78, 5) is 10.7. The van der Waals surface area contributed by atoms with Gasteiger partial charge in [0.2, 0.25) is 0 Å². The summed E-state index contributed by atoms with van der Waals surface area (Å²) in [5.74, 6) is 0.0534. The van der Waals surface area contributed by atoms with Crippen molar-refractivity contribution in [1.29, 1.82) is 0 Å². The molecule has 0 saturated carbocycles. The molecule has 2 aromatic rings.